The largest absolute Gasteiger partial charge is 0.484 e. The molecule has 0 saturated carbocycles. The summed E-state index contributed by atoms with van der Waals surface area (Å²) in [5.74, 6) is -1.22. The molecular formula is C11H14ClF2NO. The Bertz CT molecular complexity index is 409. The van der Waals surface area contributed by atoms with E-state index < -0.39 is 17.2 Å². The van der Waals surface area contributed by atoms with E-state index in [0.717, 1.165) is 6.07 Å². The molecule has 16 heavy (non-hydrogen) atoms. The van der Waals surface area contributed by atoms with Gasteiger partial charge in [0.25, 0.3) is 0 Å². The van der Waals surface area contributed by atoms with Crippen LogP contribution in [0.5, 0.6) is 5.75 Å². The van der Waals surface area contributed by atoms with E-state index in [1.165, 1.54) is 6.07 Å². The van der Waals surface area contributed by atoms with E-state index in [4.69, 9.17) is 10.5 Å². The Hall–Kier alpha value is -0.870. The Balaban J connectivity index is 0.00000128. The van der Waals surface area contributed by atoms with Crippen LogP contribution in [0.25, 0.3) is 0 Å². The predicted octanol–water partition coefficient (Wildman–Crippen LogP) is 2.95. The second-order valence-electron chi connectivity index (χ2n) is 4.48. The normalized spacial score (nSPS) is 21.7. The molecule has 90 valence electrons. The molecule has 0 radical (unpaired) electrons. The second kappa shape index (κ2) is 4.18. The predicted molar refractivity (Wildman–Crippen MR) is 59.9 cm³/mol. The zero-order chi connectivity index (χ0) is 11.2. The summed E-state index contributed by atoms with van der Waals surface area (Å²) >= 11 is 0. The molecule has 1 atom stereocenters. The highest BCUT2D eigenvalue weighted by Crippen LogP contribution is 2.40. The van der Waals surface area contributed by atoms with Crippen molar-refractivity contribution in [2.24, 2.45) is 5.73 Å². The van der Waals surface area contributed by atoms with Gasteiger partial charge in [0.1, 0.15) is 11.4 Å². The molecule has 1 aliphatic heterocycles. The molecule has 1 unspecified atom stereocenters. The van der Waals surface area contributed by atoms with Crippen LogP contribution in [0.15, 0.2) is 12.1 Å². The highest BCUT2D eigenvalue weighted by molar-refractivity contribution is 5.85. The van der Waals surface area contributed by atoms with E-state index in [-0.39, 0.29) is 24.2 Å². The Labute approximate surface area is 99.2 Å². The Morgan fingerprint density at radius 2 is 2.00 bits per heavy atom. The van der Waals surface area contributed by atoms with Gasteiger partial charge in [-0.2, -0.15) is 0 Å². The van der Waals surface area contributed by atoms with Crippen LogP contribution in [0.4, 0.5) is 8.78 Å². The number of fused-ring (bicyclic) bond motifs is 1. The summed E-state index contributed by atoms with van der Waals surface area (Å²) < 4.78 is 31.9. The van der Waals surface area contributed by atoms with Crippen LogP contribution in [0, 0.1) is 11.6 Å². The lowest BCUT2D eigenvalue weighted by atomic mass is 9.90. The van der Waals surface area contributed by atoms with Crippen molar-refractivity contribution < 1.29 is 13.5 Å². The van der Waals surface area contributed by atoms with Crippen LogP contribution >= 0.6 is 12.4 Å². The van der Waals surface area contributed by atoms with E-state index in [1.807, 2.05) is 13.8 Å². The van der Waals surface area contributed by atoms with Gasteiger partial charge in [-0.15, -0.1) is 12.4 Å². The number of nitrogens with two attached hydrogens (primary N) is 1. The smallest absolute Gasteiger partial charge is 0.168 e. The standard InChI is InChI=1S/C11H13F2NO.ClH/c1-11(2)5-9(14)7-3-6(12)4-8(13)10(7)15-11;/h3-4,9H,5,14H2,1-2H3;1H. The lowest BCUT2D eigenvalue weighted by molar-refractivity contribution is 0.0670. The van der Waals surface area contributed by atoms with Crippen molar-refractivity contribution in [3.05, 3.63) is 29.3 Å². The highest BCUT2D eigenvalue weighted by Gasteiger charge is 2.34. The number of hydrogen-bond acceptors (Lipinski definition) is 2. The maximum absolute atomic E-state index is 13.4. The van der Waals surface area contributed by atoms with Crippen molar-refractivity contribution in [1.29, 1.82) is 0 Å². The van der Waals surface area contributed by atoms with Gasteiger partial charge in [0.05, 0.1) is 0 Å². The number of rotatable bonds is 0. The van der Waals surface area contributed by atoms with Crippen LogP contribution in [0.2, 0.25) is 0 Å². The van der Waals surface area contributed by atoms with Crippen molar-refractivity contribution in [2.45, 2.75) is 31.9 Å². The first-order valence-electron chi connectivity index (χ1n) is 4.82. The minimum absolute atomic E-state index is 0. The van der Waals surface area contributed by atoms with E-state index in [1.54, 1.807) is 0 Å². The molecule has 0 bridgehead atoms. The summed E-state index contributed by atoms with van der Waals surface area (Å²) in [6.45, 7) is 3.66. The molecule has 1 aliphatic rings. The maximum Gasteiger partial charge on any atom is 0.168 e. The van der Waals surface area contributed by atoms with Gasteiger partial charge in [-0.25, -0.2) is 8.78 Å². The van der Waals surface area contributed by atoms with E-state index in [9.17, 15) is 8.78 Å². The molecular weight excluding hydrogens is 236 g/mol. The van der Waals surface area contributed by atoms with Crippen molar-refractivity contribution in [1.82, 2.24) is 0 Å². The van der Waals surface area contributed by atoms with Gasteiger partial charge in [0.2, 0.25) is 0 Å². The molecule has 0 aromatic heterocycles. The zero-order valence-corrected chi connectivity index (χ0v) is 9.91. The summed E-state index contributed by atoms with van der Waals surface area (Å²) in [4.78, 5) is 0. The molecule has 2 N–H and O–H groups in total. The number of hydrogen-bond donors (Lipinski definition) is 1. The van der Waals surface area contributed by atoms with Crippen molar-refractivity contribution in [3.63, 3.8) is 0 Å². The fourth-order valence-corrected chi connectivity index (χ4v) is 1.92. The van der Waals surface area contributed by atoms with Crippen LogP contribution in [0.3, 0.4) is 0 Å². The Kier molecular flexibility index (Phi) is 3.45. The lowest BCUT2D eigenvalue weighted by Crippen LogP contribution is -2.38. The second-order valence-corrected chi connectivity index (χ2v) is 4.48. The van der Waals surface area contributed by atoms with Gasteiger partial charge in [0, 0.05) is 24.1 Å². The summed E-state index contributed by atoms with van der Waals surface area (Å²) in [7, 11) is 0. The minimum atomic E-state index is -0.687. The van der Waals surface area contributed by atoms with Gasteiger partial charge >= 0.3 is 0 Å². The molecule has 5 heteroatoms. The summed E-state index contributed by atoms with van der Waals surface area (Å²) in [6, 6.07) is 1.67. The maximum atomic E-state index is 13.4. The quantitative estimate of drug-likeness (QED) is 0.767. The minimum Gasteiger partial charge on any atom is -0.484 e. The zero-order valence-electron chi connectivity index (χ0n) is 9.09. The third-order valence-corrected chi connectivity index (χ3v) is 2.53. The number of halogens is 3. The highest BCUT2D eigenvalue weighted by atomic mass is 35.5. The molecule has 1 aromatic carbocycles. The molecule has 0 aliphatic carbocycles. The van der Waals surface area contributed by atoms with E-state index in [2.05, 4.69) is 0 Å². The summed E-state index contributed by atoms with van der Waals surface area (Å²) in [5, 5.41) is 0. The Morgan fingerprint density at radius 3 is 2.62 bits per heavy atom. The van der Waals surface area contributed by atoms with Gasteiger partial charge < -0.3 is 10.5 Å². The van der Waals surface area contributed by atoms with Crippen LogP contribution in [-0.2, 0) is 0 Å². The SMILES string of the molecule is CC1(C)CC(N)c2cc(F)cc(F)c2O1.Cl. The summed E-state index contributed by atoms with van der Waals surface area (Å²) in [5.41, 5.74) is 5.75. The lowest BCUT2D eigenvalue weighted by Gasteiger charge is -2.36. The van der Waals surface area contributed by atoms with Gasteiger partial charge in [-0.3, -0.25) is 0 Å². The third-order valence-electron chi connectivity index (χ3n) is 2.53. The topological polar surface area (TPSA) is 35.2 Å². The van der Waals surface area contributed by atoms with Crippen molar-refractivity contribution in [3.8, 4) is 5.75 Å². The fourth-order valence-electron chi connectivity index (χ4n) is 1.92. The molecule has 0 amide bonds. The third kappa shape index (κ3) is 2.28. The van der Waals surface area contributed by atoms with Crippen molar-refractivity contribution in [2.75, 3.05) is 0 Å². The molecule has 0 saturated heterocycles. The first kappa shape index (κ1) is 13.2. The van der Waals surface area contributed by atoms with Crippen LogP contribution in [-0.4, -0.2) is 5.60 Å². The van der Waals surface area contributed by atoms with Crippen LogP contribution < -0.4 is 10.5 Å². The van der Waals surface area contributed by atoms with Gasteiger partial charge in [-0.05, 0) is 19.9 Å². The molecule has 2 nitrogen and oxygen atoms in total. The first-order valence-corrected chi connectivity index (χ1v) is 4.82. The van der Waals surface area contributed by atoms with Crippen LogP contribution in [0.1, 0.15) is 31.9 Å². The average molecular weight is 250 g/mol. The monoisotopic (exact) mass is 249 g/mol. The van der Waals surface area contributed by atoms with Gasteiger partial charge in [-0.1, -0.05) is 0 Å². The molecule has 0 spiro atoms. The van der Waals surface area contributed by atoms with E-state index >= 15 is 0 Å². The average Bonchev–Trinajstić information content (AvgIpc) is 2.06. The molecule has 1 heterocycles. The number of benzene rings is 1. The first-order chi connectivity index (χ1) is 6.89. The molecule has 0 fully saturated rings. The Morgan fingerprint density at radius 1 is 1.38 bits per heavy atom. The molecule has 2 rings (SSSR count). The molecule has 1 aromatic rings. The fraction of sp³-hybridized carbons (Fsp3) is 0.455. The number of ether oxygens (including phenoxy) is 1. The van der Waals surface area contributed by atoms with Gasteiger partial charge in [0.15, 0.2) is 11.6 Å². The van der Waals surface area contributed by atoms with Crippen molar-refractivity contribution >= 4 is 12.4 Å². The summed E-state index contributed by atoms with van der Waals surface area (Å²) in [6.07, 6.45) is 0.545. The van der Waals surface area contributed by atoms with E-state index in [0.29, 0.717) is 12.0 Å².